The van der Waals surface area contributed by atoms with E-state index < -0.39 is 0 Å². The molecular formula is C12H17ClN2O. The third kappa shape index (κ3) is 2.02. The van der Waals surface area contributed by atoms with E-state index in [9.17, 15) is 0 Å². The Morgan fingerprint density at radius 3 is 2.81 bits per heavy atom. The molecular weight excluding hydrogens is 224 g/mol. The van der Waals surface area contributed by atoms with Crippen LogP contribution in [-0.4, -0.2) is 24.2 Å². The summed E-state index contributed by atoms with van der Waals surface area (Å²) in [5.74, 6) is 0.750. The molecule has 16 heavy (non-hydrogen) atoms. The molecule has 1 aromatic rings. The summed E-state index contributed by atoms with van der Waals surface area (Å²) in [6.45, 7) is 4.42. The van der Waals surface area contributed by atoms with Gasteiger partial charge in [0.15, 0.2) is 0 Å². The second-order valence-corrected chi connectivity index (χ2v) is 5.28. The van der Waals surface area contributed by atoms with Crippen molar-refractivity contribution in [3.63, 3.8) is 0 Å². The lowest BCUT2D eigenvalue weighted by Gasteiger charge is -2.51. The van der Waals surface area contributed by atoms with Crippen LogP contribution in [0.2, 0.25) is 5.02 Å². The zero-order valence-corrected chi connectivity index (χ0v) is 10.6. The van der Waals surface area contributed by atoms with Crippen LogP contribution in [0.1, 0.15) is 20.3 Å². The average Bonchev–Trinajstić information content (AvgIpc) is 2.23. The van der Waals surface area contributed by atoms with Gasteiger partial charge in [-0.15, -0.1) is 0 Å². The van der Waals surface area contributed by atoms with Gasteiger partial charge in [-0.1, -0.05) is 25.4 Å². The number of halogens is 1. The molecule has 88 valence electrons. The van der Waals surface area contributed by atoms with Crippen molar-refractivity contribution in [3.05, 3.63) is 23.5 Å². The first-order valence-corrected chi connectivity index (χ1v) is 5.86. The molecule has 2 rings (SSSR count). The molecule has 0 radical (unpaired) electrons. The fraction of sp³-hybridized carbons (Fsp3) is 0.583. The lowest BCUT2D eigenvalue weighted by Crippen LogP contribution is -2.61. The Morgan fingerprint density at radius 1 is 1.50 bits per heavy atom. The highest BCUT2D eigenvalue weighted by Crippen LogP contribution is 2.42. The molecule has 0 aliphatic heterocycles. The third-order valence-electron chi connectivity index (χ3n) is 3.48. The molecule has 4 heteroatoms. The fourth-order valence-corrected chi connectivity index (χ4v) is 2.36. The molecule has 3 nitrogen and oxygen atoms in total. The van der Waals surface area contributed by atoms with E-state index in [1.165, 1.54) is 0 Å². The highest BCUT2D eigenvalue weighted by atomic mass is 35.5. The number of ether oxygens (including phenoxy) is 1. The molecule has 0 spiro atoms. The fourth-order valence-electron chi connectivity index (χ4n) is 2.20. The van der Waals surface area contributed by atoms with Gasteiger partial charge in [0, 0.05) is 30.1 Å². The van der Waals surface area contributed by atoms with Crippen LogP contribution in [0.4, 0.5) is 0 Å². The SMILES string of the molecule is CNC1CC(Oc2cncc(Cl)c2)C1(C)C. The van der Waals surface area contributed by atoms with Crippen molar-refractivity contribution in [2.45, 2.75) is 32.4 Å². The highest BCUT2D eigenvalue weighted by Gasteiger charge is 2.49. The number of rotatable bonds is 3. The standard InChI is InChI=1S/C12H17ClN2O/c1-12(2)10(14-3)5-11(12)16-9-4-8(13)6-15-7-9/h4,6-7,10-11,14H,5H2,1-3H3. The summed E-state index contributed by atoms with van der Waals surface area (Å²) in [7, 11) is 1.99. The largest absolute Gasteiger partial charge is 0.488 e. The molecule has 1 aliphatic rings. The van der Waals surface area contributed by atoms with Gasteiger partial charge in [-0.3, -0.25) is 4.98 Å². The summed E-state index contributed by atoms with van der Waals surface area (Å²) in [5.41, 5.74) is 0.150. The predicted molar refractivity (Wildman–Crippen MR) is 64.9 cm³/mol. The van der Waals surface area contributed by atoms with Crippen molar-refractivity contribution in [1.82, 2.24) is 10.3 Å². The molecule has 0 bridgehead atoms. The molecule has 1 saturated carbocycles. The summed E-state index contributed by atoms with van der Waals surface area (Å²) in [4.78, 5) is 4.01. The van der Waals surface area contributed by atoms with Gasteiger partial charge in [-0.2, -0.15) is 0 Å². The van der Waals surface area contributed by atoms with E-state index in [0.29, 0.717) is 11.1 Å². The zero-order chi connectivity index (χ0) is 11.8. The van der Waals surface area contributed by atoms with Gasteiger partial charge in [0.2, 0.25) is 0 Å². The quantitative estimate of drug-likeness (QED) is 0.882. The van der Waals surface area contributed by atoms with Crippen LogP contribution in [0.3, 0.4) is 0 Å². The summed E-state index contributed by atoms with van der Waals surface area (Å²) in [6.07, 6.45) is 4.56. The molecule has 2 atom stereocenters. The summed E-state index contributed by atoms with van der Waals surface area (Å²) < 4.78 is 5.89. The van der Waals surface area contributed by atoms with Crippen molar-refractivity contribution in [2.75, 3.05) is 7.05 Å². The van der Waals surface area contributed by atoms with Crippen molar-refractivity contribution in [3.8, 4) is 5.75 Å². The first-order chi connectivity index (χ1) is 7.54. The molecule has 0 amide bonds. The van der Waals surface area contributed by atoms with Gasteiger partial charge in [0.05, 0.1) is 11.2 Å². The molecule has 1 aliphatic carbocycles. The van der Waals surface area contributed by atoms with Crippen LogP contribution in [0.5, 0.6) is 5.75 Å². The van der Waals surface area contributed by atoms with Crippen LogP contribution in [0.25, 0.3) is 0 Å². The number of hydrogen-bond donors (Lipinski definition) is 1. The van der Waals surface area contributed by atoms with Gasteiger partial charge < -0.3 is 10.1 Å². The molecule has 1 heterocycles. The summed E-state index contributed by atoms with van der Waals surface area (Å²) >= 11 is 5.86. The van der Waals surface area contributed by atoms with Crippen LogP contribution in [0, 0.1) is 5.41 Å². The summed E-state index contributed by atoms with van der Waals surface area (Å²) in [6, 6.07) is 2.32. The highest BCUT2D eigenvalue weighted by molar-refractivity contribution is 6.30. The molecule has 0 aromatic carbocycles. The van der Waals surface area contributed by atoms with E-state index in [0.717, 1.165) is 12.2 Å². The van der Waals surface area contributed by atoms with E-state index in [-0.39, 0.29) is 11.5 Å². The van der Waals surface area contributed by atoms with Crippen molar-refractivity contribution >= 4 is 11.6 Å². The normalized spacial score (nSPS) is 27.2. The summed E-state index contributed by atoms with van der Waals surface area (Å²) in [5, 5.41) is 3.91. The van der Waals surface area contributed by atoms with E-state index in [2.05, 4.69) is 24.1 Å². The molecule has 0 saturated heterocycles. The maximum Gasteiger partial charge on any atom is 0.139 e. The third-order valence-corrected chi connectivity index (χ3v) is 3.69. The van der Waals surface area contributed by atoms with Crippen molar-refractivity contribution in [2.24, 2.45) is 5.41 Å². The Balaban J connectivity index is 2.02. The monoisotopic (exact) mass is 240 g/mol. The van der Waals surface area contributed by atoms with Crippen molar-refractivity contribution < 1.29 is 4.74 Å². The number of hydrogen-bond acceptors (Lipinski definition) is 3. The van der Waals surface area contributed by atoms with Gasteiger partial charge in [0.25, 0.3) is 0 Å². The average molecular weight is 241 g/mol. The Labute approximate surface area is 101 Å². The smallest absolute Gasteiger partial charge is 0.139 e. The minimum atomic E-state index is 0.150. The van der Waals surface area contributed by atoms with E-state index in [4.69, 9.17) is 16.3 Å². The van der Waals surface area contributed by atoms with Gasteiger partial charge in [-0.05, 0) is 7.05 Å². The Kier molecular flexibility index (Phi) is 3.08. The topological polar surface area (TPSA) is 34.1 Å². The number of pyridine rings is 1. The Hall–Kier alpha value is -0.800. The Bertz CT molecular complexity index is 381. The Morgan fingerprint density at radius 2 is 2.25 bits per heavy atom. The molecule has 1 aromatic heterocycles. The zero-order valence-electron chi connectivity index (χ0n) is 9.83. The van der Waals surface area contributed by atoms with E-state index >= 15 is 0 Å². The lowest BCUT2D eigenvalue weighted by molar-refractivity contribution is -0.0522. The van der Waals surface area contributed by atoms with Crippen LogP contribution in [-0.2, 0) is 0 Å². The lowest BCUT2D eigenvalue weighted by atomic mass is 9.64. The second kappa shape index (κ2) is 4.22. The van der Waals surface area contributed by atoms with E-state index in [1.54, 1.807) is 18.5 Å². The number of aromatic nitrogens is 1. The van der Waals surface area contributed by atoms with Crippen LogP contribution in [0.15, 0.2) is 18.5 Å². The number of nitrogens with zero attached hydrogens (tertiary/aromatic N) is 1. The van der Waals surface area contributed by atoms with E-state index in [1.807, 2.05) is 7.05 Å². The first kappa shape index (κ1) is 11.7. The minimum absolute atomic E-state index is 0.150. The maximum atomic E-state index is 5.89. The molecule has 1 fully saturated rings. The maximum absolute atomic E-state index is 5.89. The first-order valence-electron chi connectivity index (χ1n) is 5.48. The van der Waals surface area contributed by atoms with Crippen LogP contribution >= 0.6 is 11.6 Å². The predicted octanol–water partition coefficient (Wildman–Crippen LogP) is 2.50. The molecule has 1 N–H and O–H groups in total. The van der Waals surface area contributed by atoms with Crippen molar-refractivity contribution in [1.29, 1.82) is 0 Å². The minimum Gasteiger partial charge on any atom is -0.488 e. The second-order valence-electron chi connectivity index (χ2n) is 4.84. The van der Waals surface area contributed by atoms with Gasteiger partial charge >= 0.3 is 0 Å². The van der Waals surface area contributed by atoms with Gasteiger partial charge in [0.1, 0.15) is 11.9 Å². The van der Waals surface area contributed by atoms with Crippen LogP contribution < -0.4 is 10.1 Å². The number of nitrogens with one attached hydrogen (secondary N) is 1. The van der Waals surface area contributed by atoms with Gasteiger partial charge in [-0.25, -0.2) is 0 Å². The molecule has 2 unspecified atom stereocenters.